The van der Waals surface area contributed by atoms with Gasteiger partial charge in [0.25, 0.3) is 0 Å². The highest BCUT2D eigenvalue weighted by Crippen LogP contribution is 2.22. The van der Waals surface area contributed by atoms with Crippen molar-refractivity contribution in [2.75, 3.05) is 0 Å². The van der Waals surface area contributed by atoms with Gasteiger partial charge in [-0.1, -0.05) is 6.07 Å². The Balaban J connectivity index is 2.05. The Labute approximate surface area is 102 Å². The smallest absolute Gasteiger partial charge is 0.373 e. The van der Waals surface area contributed by atoms with Crippen molar-refractivity contribution < 1.29 is 9.90 Å². The molecule has 5 heteroatoms. The Hall–Kier alpha value is -2.69. The summed E-state index contributed by atoms with van der Waals surface area (Å²) in [7, 11) is 0. The van der Waals surface area contributed by atoms with Gasteiger partial charge in [0.15, 0.2) is 0 Å². The monoisotopic (exact) mass is 239 g/mol. The van der Waals surface area contributed by atoms with Gasteiger partial charge in [0.2, 0.25) is 5.82 Å². The lowest BCUT2D eigenvalue weighted by Gasteiger charge is -2.01. The number of carbonyl (C=O) groups is 1. The molecule has 0 radical (unpaired) electrons. The zero-order valence-electron chi connectivity index (χ0n) is 9.29. The van der Waals surface area contributed by atoms with E-state index in [1.165, 1.54) is 12.4 Å². The summed E-state index contributed by atoms with van der Waals surface area (Å²) >= 11 is 0. The number of nitrogens with one attached hydrogen (secondary N) is 1. The van der Waals surface area contributed by atoms with E-state index in [1.807, 2.05) is 30.5 Å². The van der Waals surface area contributed by atoms with Crippen molar-refractivity contribution in [2.45, 2.75) is 0 Å². The molecule has 0 aliphatic rings. The summed E-state index contributed by atoms with van der Waals surface area (Å²) < 4.78 is 0. The maximum atomic E-state index is 10.7. The number of aromatic carboxylic acids is 1. The average molecular weight is 239 g/mol. The quantitative estimate of drug-likeness (QED) is 0.719. The molecule has 3 aromatic rings. The average Bonchev–Trinajstić information content (AvgIpc) is 2.86. The van der Waals surface area contributed by atoms with Gasteiger partial charge in [-0.05, 0) is 29.1 Å². The third-order valence-corrected chi connectivity index (χ3v) is 2.73. The maximum absolute atomic E-state index is 10.7. The fourth-order valence-electron chi connectivity index (χ4n) is 1.82. The second kappa shape index (κ2) is 3.96. The zero-order chi connectivity index (χ0) is 12.5. The number of rotatable bonds is 2. The molecule has 1 aromatic carbocycles. The van der Waals surface area contributed by atoms with Gasteiger partial charge in [-0.3, -0.25) is 0 Å². The minimum atomic E-state index is -1.12. The number of hydrogen-bond donors (Lipinski definition) is 2. The Bertz CT molecular complexity index is 716. The van der Waals surface area contributed by atoms with Crippen LogP contribution in [0.2, 0.25) is 0 Å². The number of hydrogen-bond acceptors (Lipinski definition) is 3. The number of aromatic amines is 1. The number of nitrogens with zero attached hydrogens (tertiary/aromatic N) is 2. The Kier molecular flexibility index (Phi) is 2.30. The highest BCUT2D eigenvalue weighted by atomic mass is 16.4. The van der Waals surface area contributed by atoms with Gasteiger partial charge < -0.3 is 10.1 Å². The standard InChI is InChI=1S/C13H9N3O2/c17-13(18)12-15-6-10(7-16-12)8-1-2-11-9(5-8)3-4-14-11/h1-7,14H,(H,17,18). The van der Waals surface area contributed by atoms with Crippen LogP contribution < -0.4 is 0 Å². The Morgan fingerprint density at radius 3 is 2.61 bits per heavy atom. The van der Waals surface area contributed by atoms with Crippen molar-refractivity contribution in [3.8, 4) is 11.1 Å². The minimum absolute atomic E-state index is 0.193. The highest BCUT2D eigenvalue weighted by molar-refractivity contribution is 5.85. The first-order chi connectivity index (χ1) is 8.74. The zero-order valence-corrected chi connectivity index (χ0v) is 9.29. The van der Waals surface area contributed by atoms with Crippen LogP contribution in [0.5, 0.6) is 0 Å². The lowest BCUT2D eigenvalue weighted by Crippen LogP contribution is -2.03. The van der Waals surface area contributed by atoms with E-state index in [1.54, 1.807) is 0 Å². The van der Waals surface area contributed by atoms with Gasteiger partial charge >= 0.3 is 5.97 Å². The molecule has 0 saturated carbocycles. The first kappa shape index (κ1) is 10.5. The van der Waals surface area contributed by atoms with E-state index in [9.17, 15) is 4.79 Å². The van der Waals surface area contributed by atoms with Gasteiger partial charge in [-0.15, -0.1) is 0 Å². The van der Waals surface area contributed by atoms with Crippen LogP contribution in [-0.4, -0.2) is 26.0 Å². The van der Waals surface area contributed by atoms with E-state index in [0.717, 1.165) is 22.0 Å². The second-order valence-electron chi connectivity index (χ2n) is 3.88. The highest BCUT2D eigenvalue weighted by Gasteiger charge is 2.07. The minimum Gasteiger partial charge on any atom is -0.475 e. The molecule has 0 amide bonds. The van der Waals surface area contributed by atoms with Crippen molar-refractivity contribution in [3.05, 3.63) is 48.7 Å². The van der Waals surface area contributed by atoms with Gasteiger partial charge in [0.1, 0.15) is 0 Å². The molecular weight excluding hydrogens is 230 g/mol. The van der Waals surface area contributed by atoms with Crippen LogP contribution in [-0.2, 0) is 0 Å². The molecule has 3 rings (SSSR count). The second-order valence-corrected chi connectivity index (χ2v) is 3.88. The Morgan fingerprint density at radius 2 is 1.89 bits per heavy atom. The van der Waals surface area contributed by atoms with Crippen LogP contribution in [0, 0.1) is 0 Å². The fraction of sp³-hybridized carbons (Fsp3) is 0. The summed E-state index contributed by atoms with van der Waals surface area (Å²) in [4.78, 5) is 21.4. The van der Waals surface area contributed by atoms with E-state index in [4.69, 9.17) is 5.11 Å². The van der Waals surface area contributed by atoms with E-state index in [2.05, 4.69) is 15.0 Å². The third-order valence-electron chi connectivity index (χ3n) is 2.73. The summed E-state index contributed by atoms with van der Waals surface area (Å²) in [5.74, 6) is -1.32. The number of carboxylic acids is 1. The molecule has 0 spiro atoms. The Morgan fingerprint density at radius 1 is 1.11 bits per heavy atom. The van der Waals surface area contributed by atoms with Crippen LogP contribution in [0.15, 0.2) is 42.9 Å². The molecule has 88 valence electrons. The van der Waals surface area contributed by atoms with E-state index in [-0.39, 0.29) is 5.82 Å². The van der Waals surface area contributed by atoms with E-state index < -0.39 is 5.97 Å². The molecule has 0 unspecified atom stereocenters. The summed E-state index contributed by atoms with van der Waals surface area (Å²) in [6.07, 6.45) is 4.91. The van der Waals surface area contributed by atoms with Gasteiger partial charge in [-0.25, -0.2) is 14.8 Å². The van der Waals surface area contributed by atoms with E-state index in [0.29, 0.717) is 0 Å². The predicted molar refractivity (Wildman–Crippen MR) is 66.3 cm³/mol. The number of carboxylic acid groups (broad SMARTS) is 1. The van der Waals surface area contributed by atoms with Gasteiger partial charge in [-0.2, -0.15) is 0 Å². The summed E-state index contributed by atoms with van der Waals surface area (Å²) in [5, 5.41) is 9.82. The molecule has 2 aromatic heterocycles. The molecule has 2 heterocycles. The molecule has 0 atom stereocenters. The first-order valence-corrected chi connectivity index (χ1v) is 5.37. The molecule has 18 heavy (non-hydrogen) atoms. The lowest BCUT2D eigenvalue weighted by atomic mass is 10.1. The number of H-pyrrole nitrogens is 1. The molecule has 0 bridgehead atoms. The predicted octanol–water partition coefficient (Wildman–Crippen LogP) is 2.32. The molecule has 0 aliphatic carbocycles. The van der Waals surface area contributed by atoms with Crippen LogP contribution in [0.1, 0.15) is 10.6 Å². The van der Waals surface area contributed by atoms with Crippen molar-refractivity contribution in [3.63, 3.8) is 0 Å². The first-order valence-electron chi connectivity index (χ1n) is 5.37. The van der Waals surface area contributed by atoms with Crippen LogP contribution in [0.4, 0.5) is 0 Å². The van der Waals surface area contributed by atoms with Crippen LogP contribution in [0.25, 0.3) is 22.0 Å². The van der Waals surface area contributed by atoms with Crippen molar-refractivity contribution in [2.24, 2.45) is 0 Å². The molecule has 2 N–H and O–H groups in total. The van der Waals surface area contributed by atoms with Crippen molar-refractivity contribution >= 4 is 16.9 Å². The van der Waals surface area contributed by atoms with Crippen molar-refractivity contribution in [1.82, 2.24) is 15.0 Å². The normalized spacial score (nSPS) is 10.7. The van der Waals surface area contributed by atoms with Gasteiger partial charge in [0.05, 0.1) is 0 Å². The fourth-order valence-corrected chi connectivity index (χ4v) is 1.82. The third kappa shape index (κ3) is 1.71. The van der Waals surface area contributed by atoms with Gasteiger partial charge in [0, 0.05) is 29.7 Å². The molecular formula is C13H9N3O2. The number of fused-ring (bicyclic) bond motifs is 1. The van der Waals surface area contributed by atoms with Crippen LogP contribution in [0.3, 0.4) is 0 Å². The topological polar surface area (TPSA) is 78.9 Å². The summed E-state index contributed by atoms with van der Waals surface area (Å²) in [6.45, 7) is 0. The van der Waals surface area contributed by atoms with Crippen LogP contribution >= 0.6 is 0 Å². The maximum Gasteiger partial charge on any atom is 0.373 e. The summed E-state index contributed by atoms with van der Waals surface area (Å²) in [5.41, 5.74) is 2.81. The summed E-state index contributed by atoms with van der Waals surface area (Å²) in [6, 6.07) is 7.89. The van der Waals surface area contributed by atoms with E-state index >= 15 is 0 Å². The largest absolute Gasteiger partial charge is 0.475 e. The molecule has 0 saturated heterocycles. The molecule has 0 aliphatic heterocycles. The van der Waals surface area contributed by atoms with Crippen molar-refractivity contribution in [1.29, 1.82) is 0 Å². The number of benzene rings is 1. The molecule has 0 fully saturated rings. The SMILES string of the molecule is O=C(O)c1ncc(-c2ccc3[nH]ccc3c2)cn1. The lowest BCUT2D eigenvalue weighted by molar-refractivity contribution is 0.0683. The number of aromatic nitrogens is 3. The molecule has 5 nitrogen and oxygen atoms in total.